The minimum absolute atomic E-state index is 0.101. The van der Waals surface area contributed by atoms with Crippen LogP contribution in [0.5, 0.6) is 0 Å². The highest BCUT2D eigenvalue weighted by atomic mass is 32.2. The van der Waals surface area contributed by atoms with Crippen molar-refractivity contribution in [3.8, 4) is 0 Å². The number of hydrogen-bond acceptors (Lipinski definition) is 4. The van der Waals surface area contributed by atoms with E-state index in [1.165, 1.54) is 4.31 Å². The molecule has 0 aromatic heterocycles. The highest BCUT2D eigenvalue weighted by molar-refractivity contribution is 7.89. The first kappa shape index (κ1) is 14.2. The fourth-order valence-corrected chi connectivity index (χ4v) is 4.06. The summed E-state index contributed by atoms with van der Waals surface area (Å²) in [4.78, 5) is 2.35. The Balaban J connectivity index is 1.71. The Morgan fingerprint density at radius 2 is 1.78 bits per heavy atom. The van der Waals surface area contributed by atoms with E-state index >= 15 is 0 Å². The van der Waals surface area contributed by atoms with Gasteiger partial charge in [-0.25, -0.2) is 12.7 Å². The Morgan fingerprint density at radius 3 is 2.28 bits per heavy atom. The molecule has 0 bridgehead atoms. The fourth-order valence-electron chi connectivity index (χ4n) is 3.20. The SMILES string of the molecule is CN(C)S(=O)(=O)CCCN1C[C@H]2CC(O)C[C@H]2C1. The van der Waals surface area contributed by atoms with Gasteiger partial charge >= 0.3 is 0 Å². The third kappa shape index (κ3) is 3.23. The molecule has 1 unspecified atom stereocenters. The third-order valence-electron chi connectivity index (χ3n) is 4.23. The quantitative estimate of drug-likeness (QED) is 0.766. The average Bonchev–Trinajstić information content (AvgIpc) is 2.73. The first-order valence-corrected chi connectivity index (χ1v) is 8.30. The second-order valence-electron chi connectivity index (χ2n) is 5.86. The van der Waals surface area contributed by atoms with Crippen molar-refractivity contribution in [3.63, 3.8) is 0 Å². The largest absolute Gasteiger partial charge is 0.393 e. The van der Waals surface area contributed by atoms with Crippen LogP contribution < -0.4 is 0 Å². The average molecular weight is 276 g/mol. The summed E-state index contributed by atoms with van der Waals surface area (Å²) < 4.78 is 24.5. The van der Waals surface area contributed by atoms with E-state index < -0.39 is 10.0 Å². The van der Waals surface area contributed by atoms with Gasteiger partial charge in [0.2, 0.25) is 10.0 Å². The Bertz CT molecular complexity index is 369. The summed E-state index contributed by atoms with van der Waals surface area (Å²) in [5.74, 6) is 1.49. The summed E-state index contributed by atoms with van der Waals surface area (Å²) in [5, 5.41) is 9.56. The van der Waals surface area contributed by atoms with E-state index in [4.69, 9.17) is 0 Å². The zero-order chi connectivity index (χ0) is 13.3. The van der Waals surface area contributed by atoms with Crippen molar-refractivity contribution in [3.05, 3.63) is 0 Å². The Hall–Kier alpha value is -0.170. The minimum Gasteiger partial charge on any atom is -0.393 e. The summed E-state index contributed by atoms with van der Waals surface area (Å²) in [6.45, 7) is 2.92. The Kier molecular flexibility index (Phi) is 4.31. The van der Waals surface area contributed by atoms with Crippen LogP contribution in [-0.4, -0.2) is 68.3 Å². The van der Waals surface area contributed by atoms with Crippen molar-refractivity contribution < 1.29 is 13.5 Å². The number of aliphatic hydroxyl groups is 1. The standard InChI is InChI=1S/C12H24N2O3S/c1-13(2)18(16,17)5-3-4-14-8-10-6-12(15)7-11(10)9-14/h10-12,15H,3-9H2,1-2H3/t10-,11+,12?. The van der Waals surface area contributed by atoms with E-state index in [1.54, 1.807) is 14.1 Å². The van der Waals surface area contributed by atoms with Crippen LogP contribution in [0.3, 0.4) is 0 Å². The van der Waals surface area contributed by atoms with Gasteiger partial charge in [-0.15, -0.1) is 0 Å². The molecule has 0 amide bonds. The normalized spacial score (nSPS) is 33.2. The number of rotatable bonds is 5. The van der Waals surface area contributed by atoms with Crippen molar-refractivity contribution in [2.75, 3.05) is 39.5 Å². The predicted octanol–water partition coefficient (Wildman–Crippen LogP) is -0.0294. The van der Waals surface area contributed by atoms with E-state index in [1.807, 2.05) is 0 Å². The molecule has 0 aromatic rings. The summed E-state index contributed by atoms with van der Waals surface area (Å²) in [5.41, 5.74) is 0. The molecular formula is C12H24N2O3S. The molecule has 0 radical (unpaired) electrons. The predicted molar refractivity (Wildman–Crippen MR) is 70.8 cm³/mol. The second kappa shape index (κ2) is 5.45. The van der Waals surface area contributed by atoms with E-state index in [0.29, 0.717) is 18.3 Å². The molecule has 1 aliphatic heterocycles. The number of fused-ring (bicyclic) bond motifs is 1. The van der Waals surface area contributed by atoms with E-state index in [0.717, 1.165) is 32.5 Å². The molecule has 106 valence electrons. The molecule has 5 nitrogen and oxygen atoms in total. The van der Waals surface area contributed by atoms with Crippen LogP contribution in [0.25, 0.3) is 0 Å². The molecule has 2 rings (SSSR count). The van der Waals surface area contributed by atoms with E-state index in [-0.39, 0.29) is 11.9 Å². The van der Waals surface area contributed by atoms with Gasteiger partial charge in [-0.2, -0.15) is 0 Å². The first-order chi connectivity index (χ1) is 8.38. The zero-order valence-electron chi connectivity index (χ0n) is 11.2. The van der Waals surface area contributed by atoms with Crippen LogP contribution in [0.2, 0.25) is 0 Å². The fraction of sp³-hybridized carbons (Fsp3) is 1.00. The maximum Gasteiger partial charge on any atom is 0.213 e. The smallest absolute Gasteiger partial charge is 0.213 e. The minimum atomic E-state index is -3.05. The first-order valence-electron chi connectivity index (χ1n) is 6.69. The van der Waals surface area contributed by atoms with Gasteiger partial charge in [0.25, 0.3) is 0 Å². The number of likely N-dealkylation sites (tertiary alicyclic amines) is 1. The molecule has 1 heterocycles. The maximum absolute atomic E-state index is 11.6. The van der Waals surface area contributed by atoms with Crippen LogP contribution in [-0.2, 0) is 10.0 Å². The number of nitrogens with zero attached hydrogens (tertiary/aromatic N) is 2. The molecule has 6 heteroatoms. The van der Waals surface area contributed by atoms with Gasteiger partial charge in [-0.3, -0.25) is 0 Å². The molecule has 3 atom stereocenters. The molecule has 1 N–H and O–H groups in total. The molecular weight excluding hydrogens is 252 g/mol. The van der Waals surface area contributed by atoms with Crippen LogP contribution in [0.4, 0.5) is 0 Å². The van der Waals surface area contributed by atoms with E-state index in [2.05, 4.69) is 4.90 Å². The number of aliphatic hydroxyl groups excluding tert-OH is 1. The molecule has 1 saturated heterocycles. The monoisotopic (exact) mass is 276 g/mol. The molecule has 1 aliphatic carbocycles. The van der Waals surface area contributed by atoms with Gasteiger partial charge in [0.15, 0.2) is 0 Å². The highest BCUT2D eigenvalue weighted by Crippen LogP contribution is 2.37. The number of sulfonamides is 1. The zero-order valence-corrected chi connectivity index (χ0v) is 12.1. The molecule has 2 aliphatic rings. The van der Waals surface area contributed by atoms with Gasteiger partial charge in [0.1, 0.15) is 0 Å². The Morgan fingerprint density at radius 1 is 1.22 bits per heavy atom. The molecule has 0 spiro atoms. The molecule has 18 heavy (non-hydrogen) atoms. The van der Waals surface area contributed by atoms with Crippen molar-refractivity contribution >= 4 is 10.0 Å². The summed E-state index contributed by atoms with van der Waals surface area (Å²) in [7, 11) is 0.110. The lowest BCUT2D eigenvalue weighted by molar-refractivity contribution is 0.162. The van der Waals surface area contributed by atoms with Crippen LogP contribution >= 0.6 is 0 Å². The summed E-state index contributed by atoms with van der Waals surface area (Å²) in [6, 6.07) is 0. The van der Waals surface area contributed by atoms with Crippen LogP contribution in [0.15, 0.2) is 0 Å². The van der Waals surface area contributed by atoms with Gasteiger partial charge in [-0.1, -0.05) is 0 Å². The molecule has 2 fully saturated rings. The molecule has 1 saturated carbocycles. The topological polar surface area (TPSA) is 60.9 Å². The lowest BCUT2D eigenvalue weighted by atomic mass is 10.0. The van der Waals surface area contributed by atoms with Crippen molar-refractivity contribution in [2.45, 2.75) is 25.4 Å². The van der Waals surface area contributed by atoms with Crippen LogP contribution in [0.1, 0.15) is 19.3 Å². The molecule has 0 aromatic carbocycles. The maximum atomic E-state index is 11.6. The lowest BCUT2D eigenvalue weighted by Crippen LogP contribution is -2.29. The van der Waals surface area contributed by atoms with E-state index in [9.17, 15) is 13.5 Å². The Labute approximate surface area is 110 Å². The van der Waals surface area contributed by atoms with Crippen LogP contribution in [0, 0.1) is 11.8 Å². The van der Waals surface area contributed by atoms with Gasteiger partial charge < -0.3 is 10.0 Å². The second-order valence-corrected chi connectivity index (χ2v) is 8.16. The van der Waals surface area contributed by atoms with Gasteiger partial charge in [0, 0.05) is 27.2 Å². The van der Waals surface area contributed by atoms with Crippen molar-refractivity contribution in [2.24, 2.45) is 11.8 Å². The summed E-state index contributed by atoms with van der Waals surface area (Å²) in [6.07, 6.45) is 2.45. The summed E-state index contributed by atoms with van der Waals surface area (Å²) >= 11 is 0. The van der Waals surface area contributed by atoms with Crippen molar-refractivity contribution in [1.82, 2.24) is 9.21 Å². The van der Waals surface area contributed by atoms with Gasteiger partial charge in [0.05, 0.1) is 11.9 Å². The van der Waals surface area contributed by atoms with Gasteiger partial charge in [-0.05, 0) is 37.6 Å². The highest BCUT2D eigenvalue weighted by Gasteiger charge is 2.39. The lowest BCUT2D eigenvalue weighted by Gasteiger charge is -2.18. The van der Waals surface area contributed by atoms with Crippen molar-refractivity contribution in [1.29, 1.82) is 0 Å². The number of hydrogen-bond donors (Lipinski definition) is 1. The third-order valence-corrected chi connectivity index (χ3v) is 6.15.